The summed E-state index contributed by atoms with van der Waals surface area (Å²) in [6.45, 7) is 13.0. The Labute approximate surface area is 138 Å². The first-order chi connectivity index (χ1) is 9.28. The molecule has 2 nitrogen and oxygen atoms in total. The predicted molar refractivity (Wildman–Crippen MR) is 98.6 cm³/mol. The van der Waals surface area contributed by atoms with Crippen molar-refractivity contribution in [2.24, 2.45) is 0 Å². The first-order valence-corrected chi connectivity index (χ1v) is 10.5. The van der Waals surface area contributed by atoms with Crippen molar-refractivity contribution >= 4 is 36.9 Å². The van der Waals surface area contributed by atoms with Gasteiger partial charge in [0.2, 0.25) is 0 Å². The zero-order valence-corrected chi connectivity index (χ0v) is 16.5. The van der Waals surface area contributed by atoms with E-state index in [1.54, 1.807) is 6.08 Å². The zero-order chi connectivity index (χ0) is 15.8. The Bertz CT molecular complexity index is 360. The summed E-state index contributed by atoms with van der Waals surface area (Å²) in [7, 11) is -2.11. The Hall–Kier alpha value is -0.363. The van der Waals surface area contributed by atoms with Crippen molar-refractivity contribution in [2.75, 3.05) is 0 Å². The van der Waals surface area contributed by atoms with Crippen molar-refractivity contribution in [3.05, 3.63) is 34.5 Å². The van der Waals surface area contributed by atoms with Gasteiger partial charge in [-0.2, -0.15) is 0 Å². The monoisotopic (exact) mass is 406 g/mol. The Morgan fingerprint density at radius 1 is 0.900 bits per heavy atom. The molecule has 0 bridgehead atoms. The maximum absolute atomic E-state index is 12.1. The molecular formula is C16H27IO2Si. The molecule has 0 fully saturated rings. The minimum atomic E-state index is -2.11. The molecule has 4 heteroatoms. The van der Waals surface area contributed by atoms with Crippen LogP contribution in [0.25, 0.3) is 0 Å². The van der Waals surface area contributed by atoms with Gasteiger partial charge in [-0.3, -0.25) is 0 Å². The van der Waals surface area contributed by atoms with Crippen LogP contribution in [0.5, 0.6) is 0 Å². The summed E-state index contributed by atoms with van der Waals surface area (Å²) in [5, 5.41) is 0. The fraction of sp³-hybridized carbons (Fsp3) is 0.562. The van der Waals surface area contributed by atoms with Gasteiger partial charge < -0.3 is 4.43 Å². The van der Waals surface area contributed by atoms with Crippen molar-refractivity contribution < 1.29 is 9.22 Å². The van der Waals surface area contributed by atoms with Gasteiger partial charge in [-0.1, -0.05) is 88.4 Å². The molecule has 0 aliphatic heterocycles. The van der Waals surface area contributed by atoms with Crippen molar-refractivity contribution in [3.63, 3.8) is 0 Å². The Morgan fingerprint density at radius 2 is 1.35 bits per heavy atom. The molecule has 0 saturated carbocycles. The maximum Gasteiger partial charge on any atom is 0.317 e. The summed E-state index contributed by atoms with van der Waals surface area (Å²) in [6, 6.07) is 0. The van der Waals surface area contributed by atoms with Crippen molar-refractivity contribution in [1.82, 2.24) is 0 Å². The molecule has 0 saturated heterocycles. The van der Waals surface area contributed by atoms with Crippen LogP contribution in [0, 0.1) is 0 Å². The van der Waals surface area contributed by atoms with Gasteiger partial charge in [-0.15, -0.1) is 0 Å². The van der Waals surface area contributed by atoms with Gasteiger partial charge >= 0.3 is 5.97 Å². The largest absolute Gasteiger partial charge is 0.515 e. The van der Waals surface area contributed by atoms with E-state index in [1.165, 1.54) is 6.08 Å². The quantitative estimate of drug-likeness (QED) is 0.232. The average Bonchev–Trinajstić information content (AvgIpc) is 2.34. The predicted octanol–water partition coefficient (Wildman–Crippen LogP) is 5.77. The summed E-state index contributed by atoms with van der Waals surface area (Å²) in [6.07, 6.45) is 8.88. The molecular weight excluding hydrogens is 379 g/mol. The van der Waals surface area contributed by atoms with E-state index >= 15 is 0 Å². The standard InChI is InChI=1S/C16H27IO2Si/c1-13(2)20(14(3)4,15(5)6)19-16(18)11-9-7-8-10-12-17/h7-15H,1-6H3/b8-7+,11-9+,12-10+. The second kappa shape index (κ2) is 9.55. The van der Waals surface area contributed by atoms with Crippen molar-refractivity contribution in [2.45, 2.75) is 58.2 Å². The van der Waals surface area contributed by atoms with Crippen LogP contribution in [-0.4, -0.2) is 14.3 Å². The lowest BCUT2D eigenvalue weighted by molar-refractivity contribution is -0.130. The van der Waals surface area contributed by atoms with Gasteiger partial charge in [0, 0.05) is 6.08 Å². The molecule has 0 N–H and O–H groups in total. The van der Waals surface area contributed by atoms with Gasteiger partial charge in [0.15, 0.2) is 0 Å². The first-order valence-electron chi connectivity index (χ1n) is 7.12. The van der Waals surface area contributed by atoms with Crippen LogP contribution in [0.1, 0.15) is 41.5 Å². The van der Waals surface area contributed by atoms with E-state index < -0.39 is 8.32 Å². The highest BCUT2D eigenvalue weighted by Crippen LogP contribution is 2.42. The average molecular weight is 406 g/mol. The molecule has 0 heterocycles. The number of rotatable bonds is 7. The molecule has 0 aromatic rings. The third-order valence-electron chi connectivity index (χ3n) is 3.62. The number of carbonyl (C=O) groups is 1. The third kappa shape index (κ3) is 5.56. The first kappa shape index (κ1) is 19.6. The molecule has 20 heavy (non-hydrogen) atoms. The number of allylic oxidation sites excluding steroid dienone is 4. The summed E-state index contributed by atoms with van der Waals surface area (Å²) < 4.78 is 7.90. The van der Waals surface area contributed by atoms with E-state index in [0.717, 1.165) is 0 Å². The van der Waals surface area contributed by atoms with E-state index in [-0.39, 0.29) is 5.97 Å². The Kier molecular flexibility index (Phi) is 9.38. The van der Waals surface area contributed by atoms with Crippen LogP contribution in [-0.2, 0) is 9.22 Å². The molecule has 0 unspecified atom stereocenters. The fourth-order valence-corrected chi connectivity index (χ4v) is 8.23. The van der Waals surface area contributed by atoms with Gasteiger partial charge in [-0.05, 0) is 20.7 Å². The van der Waals surface area contributed by atoms with Crippen molar-refractivity contribution in [1.29, 1.82) is 0 Å². The molecule has 0 atom stereocenters. The molecule has 0 spiro atoms. The van der Waals surface area contributed by atoms with E-state index in [9.17, 15) is 4.79 Å². The normalized spacial score (nSPS) is 13.7. The lowest BCUT2D eigenvalue weighted by Crippen LogP contribution is -2.49. The number of carbonyl (C=O) groups excluding carboxylic acids is 1. The molecule has 0 amide bonds. The van der Waals surface area contributed by atoms with E-state index in [0.29, 0.717) is 16.6 Å². The van der Waals surface area contributed by atoms with Gasteiger partial charge in [0.25, 0.3) is 8.32 Å². The van der Waals surface area contributed by atoms with Gasteiger partial charge in [0.05, 0.1) is 0 Å². The summed E-state index contributed by atoms with van der Waals surface area (Å²) in [4.78, 5) is 12.1. The zero-order valence-electron chi connectivity index (χ0n) is 13.4. The Morgan fingerprint density at radius 3 is 1.75 bits per heavy atom. The van der Waals surface area contributed by atoms with Crippen LogP contribution in [0.3, 0.4) is 0 Å². The second-order valence-corrected chi connectivity index (χ2v) is 11.9. The lowest BCUT2D eigenvalue weighted by Gasteiger charge is -2.40. The minimum absolute atomic E-state index is 0.212. The van der Waals surface area contributed by atoms with Crippen molar-refractivity contribution in [3.8, 4) is 0 Å². The van der Waals surface area contributed by atoms with Gasteiger partial charge in [0.1, 0.15) is 0 Å². The van der Waals surface area contributed by atoms with Gasteiger partial charge in [-0.25, -0.2) is 4.79 Å². The SMILES string of the molecule is CC(C)[Si](OC(=O)/C=C/C=C/C=C/I)(C(C)C)C(C)C. The smallest absolute Gasteiger partial charge is 0.317 e. The van der Waals surface area contributed by atoms with E-state index in [4.69, 9.17) is 4.43 Å². The molecule has 0 aromatic carbocycles. The highest BCUT2D eigenvalue weighted by molar-refractivity contribution is 14.1. The number of halogens is 1. The molecule has 0 aliphatic rings. The van der Waals surface area contributed by atoms with E-state index in [2.05, 4.69) is 64.1 Å². The second-order valence-electron chi connectivity index (χ2n) is 5.80. The van der Waals surface area contributed by atoms with Crippen LogP contribution in [0.15, 0.2) is 34.5 Å². The minimum Gasteiger partial charge on any atom is -0.515 e. The summed E-state index contributed by atoms with van der Waals surface area (Å²) in [5.41, 5.74) is 1.24. The number of hydrogen-bond donors (Lipinski definition) is 0. The highest BCUT2D eigenvalue weighted by atomic mass is 127. The molecule has 0 aromatic heterocycles. The molecule has 0 aliphatic carbocycles. The maximum atomic E-state index is 12.1. The third-order valence-corrected chi connectivity index (χ3v) is 10.0. The van der Waals surface area contributed by atoms with E-state index in [1.807, 2.05) is 22.3 Å². The molecule has 114 valence electrons. The topological polar surface area (TPSA) is 26.3 Å². The summed E-state index contributed by atoms with van der Waals surface area (Å²) >= 11 is 2.15. The Balaban J connectivity index is 4.96. The lowest BCUT2D eigenvalue weighted by atomic mass is 10.4. The van der Waals surface area contributed by atoms with Crippen LogP contribution in [0.2, 0.25) is 16.6 Å². The highest BCUT2D eigenvalue weighted by Gasteiger charge is 2.47. The van der Waals surface area contributed by atoms with Crippen LogP contribution >= 0.6 is 22.6 Å². The molecule has 0 radical (unpaired) electrons. The fourth-order valence-electron chi connectivity index (χ4n) is 2.87. The van der Waals surface area contributed by atoms with Crippen LogP contribution < -0.4 is 0 Å². The number of hydrogen-bond acceptors (Lipinski definition) is 2. The summed E-state index contributed by atoms with van der Waals surface area (Å²) in [5.74, 6) is -0.212. The van der Waals surface area contributed by atoms with Crippen LogP contribution in [0.4, 0.5) is 0 Å². The molecule has 0 rings (SSSR count).